The fourth-order valence-corrected chi connectivity index (χ4v) is 2.26. The highest BCUT2D eigenvalue weighted by Crippen LogP contribution is 2.16. The van der Waals surface area contributed by atoms with E-state index >= 15 is 0 Å². The van der Waals surface area contributed by atoms with Crippen LogP contribution in [0.5, 0.6) is 5.75 Å². The van der Waals surface area contributed by atoms with E-state index in [-0.39, 0.29) is 18.3 Å². The van der Waals surface area contributed by atoms with Crippen LogP contribution < -0.4 is 10.1 Å². The summed E-state index contributed by atoms with van der Waals surface area (Å²) < 4.78 is 5.73. The summed E-state index contributed by atoms with van der Waals surface area (Å²) in [6.07, 6.45) is 0. The van der Waals surface area contributed by atoms with Crippen LogP contribution in [0.2, 0.25) is 0 Å². The van der Waals surface area contributed by atoms with E-state index in [0.717, 1.165) is 31.1 Å². The quantitative estimate of drug-likeness (QED) is 0.781. The Labute approximate surface area is 150 Å². The van der Waals surface area contributed by atoms with Gasteiger partial charge in [0, 0.05) is 17.8 Å². The van der Waals surface area contributed by atoms with E-state index in [1.807, 2.05) is 42.5 Å². The lowest BCUT2D eigenvalue weighted by molar-refractivity contribution is 0.102. The molecule has 2 aromatic rings. The minimum Gasteiger partial charge on any atom is -0.492 e. The molecular weight excluding hydrogens is 324 g/mol. The molecule has 24 heavy (non-hydrogen) atoms. The molecule has 0 atom stereocenters. The molecule has 2 aromatic carbocycles. The number of rotatable bonds is 8. The summed E-state index contributed by atoms with van der Waals surface area (Å²) in [5.74, 6) is 0.704. The molecular formula is C19H25ClN2O2. The zero-order valence-corrected chi connectivity index (χ0v) is 15.0. The van der Waals surface area contributed by atoms with Crippen LogP contribution in [0.15, 0.2) is 54.6 Å². The van der Waals surface area contributed by atoms with E-state index in [9.17, 15) is 4.79 Å². The van der Waals surface area contributed by atoms with Crippen LogP contribution in [0.25, 0.3) is 0 Å². The molecule has 5 heteroatoms. The van der Waals surface area contributed by atoms with Crippen LogP contribution in [-0.4, -0.2) is 37.0 Å². The highest BCUT2D eigenvalue weighted by Gasteiger charge is 2.05. The van der Waals surface area contributed by atoms with Gasteiger partial charge in [-0.05, 0) is 49.5 Å². The van der Waals surface area contributed by atoms with Crippen LogP contribution in [0.3, 0.4) is 0 Å². The number of nitrogens with one attached hydrogen (secondary N) is 1. The predicted octanol–water partition coefficient (Wildman–Crippen LogP) is 4.08. The molecule has 0 fully saturated rings. The van der Waals surface area contributed by atoms with Crippen LogP contribution in [0.1, 0.15) is 24.2 Å². The fourth-order valence-electron chi connectivity index (χ4n) is 2.26. The van der Waals surface area contributed by atoms with Crippen LogP contribution in [-0.2, 0) is 0 Å². The number of carbonyl (C=O) groups is 1. The molecule has 0 saturated heterocycles. The van der Waals surface area contributed by atoms with Crippen molar-refractivity contribution in [3.63, 3.8) is 0 Å². The normalized spacial score (nSPS) is 10.1. The second-order valence-corrected chi connectivity index (χ2v) is 5.22. The van der Waals surface area contributed by atoms with Gasteiger partial charge in [0.05, 0.1) is 0 Å². The SMILES string of the molecule is CCN(CC)CCOc1ccc(NC(=O)c2ccccc2)cc1.Cl. The summed E-state index contributed by atoms with van der Waals surface area (Å²) in [5.41, 5.74) is 1.40. The van der Waals surface area contributed by atoms with Gasteiger partial charge in [0.25, 0.3) is 5.91 Å². The Bertz CT molecular complexity index is 599. The molecule has 0 aliphatic heterocycles. The summed E-state index contributed by atoms with van der Waals surface area (Å²) in [6, 6.07) is 16.6. The molecule has 1 N–H and O–H groups in total. The fraction of sp³-hybridized carbons (Fsp3) is 0.316. The molecule has 0 radical (unpaired) electrons. The standard InChI is InChI=1S/C19H24N2O2.ClH/c1-3-21(4-2)14-15-23-18-12-10-17(11-13-18)20-19(22)16-8-6-5-7-9-16;/h5-13H,3-4,14-15H2,1-2H3,(H,20,22);1H. The summed E-state index contributed by atoms with van der Waals surface area (Å²) in [4.78, 5) is 14.4. The van der Waals surface area contributed by atoms with Gasteiger partial charge in [-0.2, -0.15) is 0 Å². The van der Waals surface area contributed by atoms with Gasteiger partial charge in [-0.25, -0.2) is 0 Å². The average Bonchev–Trinajstić information content (AvgIpc) is 2.61. The number of likely N-dealkylation sites (N-methyl/N-ethyl adjacent to an activating group) is 1. The van der Waals surface area contributed by atoms with E-state index in [4.69, 9.17) is 4.74 Å². The lowest BCUT2D eigenvalue weighted by Crippen LogP contribution is -2.27. The van der Waals surface area contributed by atoms with Gasteiger partial charge in [-0.1, -0.05) is 32.0 Å². The van der Waals surface area contributed by atoms with E-state index in [1.54, 1.807) is 12.1 Å². The molecule has 0 saturated carbocycles. The topological polar surface area (TPSA) is 41.6 Å². The molecule has 0 bridgehead atoms. The van der Waals surface area contributed by atoms with Crippen molar-refractivity contribution in [3.05, 3.63) is 60.2 Å². The number of nitrogens with zero attached hydrogens (tertiary/aromatic N) is 1. The molecule has 1 amide bonds. The van der Waals surface area contributed by atoms with Crippen molar-refractivity contribution in [1.82, 2.24) is 4.90 Å². The van der Waals surface area contributed by atoms with Crippen molar-refractivity contribution in [2.45, 2.75) is 13.8 Å². The number of halogens is 1. The summed E-state index contributed by atoms with van der Waals surface area (Å²) in [6.45, 7) is 7.94. The second-order valence-electron chi connectivity index (χ2n) is 5.22. The molecule has 130 valence electrons. The van der Waals surface area contributed by atoms with Crippen molar-refractivity contribution < 1.29 is 9.53 Å². The van der Waals surface area contributed by atoms with E-state index < -0.39 is 0 Å². The number of hydrogen-bond donors (Lipinski definition) is 1. The molecule has 0 unspecified atom stereocenters. The minimum absolute atomic E-state index is 0. The highest BCUT2D eigenvalue weighted by molar-refractivity contribution is 6.04. The Hall–Kier alpha value is -2.04. The van der Waals surface area contributed by atoms with Gasteiger partial charge in [0.15, 0.2) is 0 Å². The van der Waals surface area contributed by atoms with Crippen LogP contribution in [0, 0.1) is 0 Å². The number of hydrogen-bond acceptors (Lipinski definition) is 3. The van der Waals surface area contributed by atoms with Crippen molar-refractivity contribution >= 4 is 24.0 Å². The molecule has 4 nitrogen and oxygen atoms in total. The van der Waals surface area contributed by atoms with Gasteiger partial charge in [-0.15, -0.1) is 12.4 Å². The van der Waals surface area contributed by atoms with Gasteiger partial charge < -0.3 is 15.0 Å². The first-order valence-corrected chi connectivity index (χ1v) is 8.04. The Morgan fingerprint density at radius 1 is 1.00 bits per heavy atom. The number of benzene rings is 2. The van der Waals surface area contributed by atoms with E-state index in [0.29, 0.717) is 12.2 Å². The lowest BCUT2D eigenvalue weighted by atomic mass is 10.2. The highest BCUT2D eigenvalue weighted by atomic mass is 35.5. The van der Waals surface area contributed by atoms with Crippen molar-refractivity contribution in [2.75, 3.05) is 31.6 Å². The zero-order chi connectivity index (χ0) is 16.5. The van der Waals surface area contributed by atoms with Crippen molar-refractivity contribution in [1.29, 1.82) is 0 Å². The summed E-state index contributed by atoms with van der Waals surface area (Å²) in [5, 5.41) is 2.88. The van der Waals surface area contributed by atoms with Gasteiger partial charge in [-0.3, -0.25) is 4.79 Å². The van der Waals surface area contributed by atoms with Crippen LogP contribution in [0.4, 0.5) is 5.69 Å². The lowest BCUT2D eigenvalue weighted by Gasteiger charge is -2.18. The third-order valence-electron chi connectivity index (χ3n) is 3.72. The molecule has 0 aliphatic carbocycles. The number of ether oxygens (including phenoxy) is 1. The predicted molar refractivity (Wildman–Crippen MR) is 101 cm³/mol. The maximum absolute atomic E-state index is 12.1. The third-order valence-corrected chi connectivity index (χ3v) is 3.72. The Balaban J connectivity index is 0.00000288. The van der Waals surface area contributed by atoms with Gasteiger partial charge in [0.1, 0.15) is 12.4 Å². The van der Waals surface area contributed by atoms with E-state index in [1.165, 1.54) is 0 Å². The van der Waals surface area contributed by atoms with Gasteiger partial charge >= 0.3 is 0 Å². The van der Waals surface area contributed by atoms with Crippen molar-refractivity contribution in [2.24, 2.45) is 0 Å². The van der Waals surface area contributed by atoms with E-state index in [2.05, 4.69) is 24.1 Å². The average molecular weight is 349 g/mol. The smallest absolute Gasteiger partial charge is 0.255 e. The van der Waals surface area contributed by atoms with Gasteiger partial charge in [0.2, 0.25) is 0 Å². The first-order chi connectivity index (χ1) is 11.2. The maximum Gasteiger partial charge on any atom is 0.255 e. The maximum atomic E-state index is 12.1. The van der Waals surface area contributed by atoms with Crippen molar-refractivity contribution in [3.8, 4) is 5.75 Å². The monoisotopic (exact) mass is 348 g/mol. The molecule has 0 heterocycles. The second kappa shape index (κ2) is 10.7. The third kappa shape index (κ3) is 6.22. The number of carbonyl (C=O) groups excluding carboxylic acids is 1. The number of amides is 1. The Kier molecular flexibility index (Phi) is 8.90. The Morgan fingerprint density at radius 2 is 1.62 bits per heavy atom. The largest absolute Gasteiger partial charge is 0.492 e. The first kappa shape index (κ1) is 20.0. The summed E-state index contributed by atoms with van der Waals surface area (Å²) in [7, 11) is 0. The van der Waals surface area contributed by atoms with Crippen LogP contribution >= 0.6 is 12.4 Å². The molecule has 0 spiro atoms. The molecule has 0 aliphatic rings. The summed E-state index contributed by atoms with van der Waals surface area (Å²) >= 11 is 0. The molecule has 0 aromatic heterocycles. The Morgan fingerprint density at radius 3 is 2.21 bits per heavy atom. The first-order valence-electron chi connectivity index (χ1n) is 8.04. The number of anilines is 1. The zero-order valence-electron chi connectivity index (χ0n) is 14.2. The minimum atomic E-state index is -0.110. The molecule has 2 rings (SSSR count).